The predicted octanol–water partition coefficient (Wildman–Crippen LogP) is 2.41. The van der Waals surface area contributed by atoms with Crippen LogP contribution in [0, 0.1) is 0 Å². The third kappa shape index (κ3) is 3.49. The molecular formula is C17H17N5O3S. The van der Waals surface area contributed by atoms with E-state index in [1.165, 1.54) is 18.5 Å². The van der Waals surface area contributed by atoms with Crippen LogP contribution in [0.15, 0.2) is 52.2 Å². The van der Waals surface area contributed by atoms with Gasteiger partial charge in [0, 0.05) is 24.0 Å². The molecule has 4 rings (SSSR count). The molecule has 0 saturated heterocycles. The molecule has 0 radical (unpaired) electrons. The summed E-state index contributed by atoms with van der Waals surface area (Å²) < 4.78 is 33.6. The number of nitrogens with one attached hydrogen (secondary N) is 1. The van der Waals surface area contributed by atoms with Gasteiger partial charge in [-0.1, -0.05) is 18.9 Å². The molecule has 1 fully saturated rings. The third-order valence-corrected chi connectivity index (χ3v) is 5.79. The minimum Gasteiger partial charge on any atom is -0.415 e. The summed E-state index contributed by atoms with van der Waals surface area (Å²) >= 11 is 0. The summed E-state index contributed by atoms with van der Waals surface area (Å²) in [6.45, 7) is 0. The van der Waals surface area contributed by atoms with Crippen LogP contribution >= 0.6 is 0 Å². The molecule has 9 heteroatoms. The van der Waals surface area contributed by atoms with E-state index in [0.717, 1.165) is 25.7 Å². The predicted molar refractivity (Wildman–Crippen MR) is 93.3 cm³/mol. The van der Waals surface area contributed by atoms with Crippen molar-refractivity contribution < 1.29 is 12.8 Å². The van der Waals surface area contributed by atoms with Crippen LogP contribution in [0.25, 0.3) is 23.0 Å². The Morgan fingerprint density at radius 1 is 1.08 bits per heavy atom. The van der Waals surface area contributed by atoms with Crippen LogP contribution in [0.1, 0.15) is 25.7 Å². The zero-order chi connectivity index (χ0) is 18.0. The van der Waals surface area contributed by atoms with Crippen molar-refractivity contribution >= 4 is 10.0 Å². The first-order valence-corrected chi connectivity index (χ1v) is 9.83. The molecule has 1 N–H and O–H groups in total. The molecule has 3 aromatic rings. The summed E-state index contributed by atoms with van der Waals surface area (Å²) in [4.78, 5) is 8.25. The maximum absolute atomic E-state index is 12.6. The van der Waals surface area contributed by atoms with Gasteiger partial charge in [0.15, 0.2) is 0 Å². The van der Waals surface area contributed by atoms with Crippen LogP contribution in [-0.4, -0.2) is 34.6 Å². The molecule has 0 bridgehead atoms. The summed E-state index contributed by atoms with van der Waals surface area (Å²) in [5.41, 5.74) is 0.986. The fourth-order valence-corrected chi connectivity index (χ4v) is 4.33. The average Bonchev–Trinajstić information content (AvgIpc) is 3.34. The Labute approximate surface area is 150 Å². The van der Waals surface area contributed by atoms with Crippen LogP contribution in [0.4, 0.5) is 0 Å². The Kier molecular flexibility index (Phi) is 4.48. The largest absolute Gasteiger partial charge is 0.415 e. The lowest BCUT2D eigenvalue weighted by Crippen LogP contribution is -2.32. The third-order valence-electron chi connectivity index (χ3n) is 4.28. The van der Waals surface area contributed by atoms with Gasteiger partial charge < -0.3 is 4.42 Å². The van der Waals surface area contributed by atoms with Gasteiger partial charge in [-0.05, 0) is 31.0 Å². The Morgan fingerprint density at radius 3 is 2.65 bits per heavy atom. The van der Waals surface area contributed by atoms with Gasteiger partial charge in [0.05, 0.1) is 11.1 Å². The molecule has 0 amide bonds. The normalized spacial score (nSPS) is 15.4. The second kappa shape index (κ2) is 6.93. The van der Waals surface area contributed by atoms with Crippen LogP contribution < -0.4 is 4.72 Å². The minimum atomic E-state index is -3.58. The molecule has 134 valence electrons. The summed E-state index contributed by atoms with van der Waals surface area (Å²) in [7, 11) is -3.58. The number of sulfonamides is 1. The Hall–Kier alpha value is -2.65. The van der Waals surface area contributed by atoms with Crippen LogP contribution in [0.2, 0.25) is 0 Å². The lowest BCUT2D eigenvalue weighted by Gasteiger charge is -2.12. The maximum Gasteiger partial charge on any atom is 0.268 e. The van der Waals surface area contributed by atoms with Crippen molar-refractivity contribution in [2.24, 2.45) is 0 Å². The molecule has 1 aliphatic carbocycles. The smallest absolute Gasteiger partial charge is 0.268 e. The molecule has 0 unspecified atom stereocenters. The van der Waals surface area contributed by atoms with Crippen molar-refractivity contribution in [3.63, 3.8) is 0 Å². The standard InChI is InChI=1S/C17H17N5O3S/c23-26(24,22-13-5-1-2-6-13)14-7-3-4-12(10-14)16-20-21-17(25-16)15-11-18-8-9-19-15/h3-4,7-11,13,22H,1-2,5-6H2. The number of nitrogens with zero attached hydrogens (tertiary/aromatic N) is 4. The first-order valence-electron chi connectivity index (χ1n) is 8.34. The molecule has 0 aliphatic heterocycles. The first-order chi connectivity index (χ1) is 12.6. The molecule has 1 saturated carbocycles. The van der Waals surface area contributed by atoms with E-state index in [1.54, 1.807) is 24.4 Å². The number of benzene rings is 1. The minimum absolute atomic E-state index is 0.00955. The van der Waals surface area contributed by atoms with E-state index >= 15 is 0 Å². The zero-order valence-corrected chi connectivity index (χ0v) is 14.7. The molecule has 2 heterocycles. The summed E-state index contributed by atoms with van der Waals surface area (Å²) in [5.74, 6) is 0.453. The Bertz CT molecular complexity index is 998. The van der Waals surface area contributed by atoms with E-state index in [9.17, 15) is 8.42 Å². The van der Waals surface area contributed by atoms with Crippen molar-refractivity contribution in [2.75, 3.05) is 0 Å². The van der Waals surface area contributed by atoms with Gasteiger partial charge in [0.2, 0.25) is 15.9 Å². The molecule has 8 nitrogen and oxygen atoms in total. The van der Waals surface area contributed by atoms with Gasteiger partial charge in [-0.25, -0.2) is 18.1 Å². The van der Waals surface area contributed by atoms with E-state index in [-0.39, 0.29) is 22.7 Å². The highest BCUT2D eigenvalue weighted by Gasteiger charge is 2.23. The second-order valence-corrected chi connectivity index (χ2v) is 7.85. The SMILES string of the molecule is O=S(=O)(NC1CCCC1)c1cccc(-c2nnc(-c3cnccn3)o2)c1. The van der Waals surface area contributed by atoms with Gasteiger partial charge in [-0.3, -0.25) is 4.98 Å². The summed E-state index contributed by atoms with van der Waals surface area (Å²) in [5, 5.41) is 7.94. The topological polar surface area (TPSA) is 111 Å². The molecule has 26 heavy (non-hydrogen) atoms. The fraction of sp³-hybridized carbons (Fsp3) is 0.294. The number of rotatable bonds is 5. The molecule has 2 aromatic heterocycles. The van der Waals surface area contributed by atoms with E-state index in [4.69, 9.17) is 4.42 Å². The lowest BCUT2D eigenvalue weighted by atomic mass is 10.2. The van der Waals surface area contributed by atoms with E-state index in [0.29, 0.717) is 11.3 Å². The maximum atomic E-state index is 12.6. The van der Waals surface area contributed by atoms with Crippen LogP contribution in [0.3, 0.4) is 0 Å². The van der Waals surface area contributed by atoms with Crippen molar-refractivity contribution in [3.8, 4) is 23.0 Å². The highest BCUT2D eigenvalue weighted by Crippen LogP contribution is 2.25. The van der Waals surface area contributed by atoms with Gasteiger partial charge >= 0.3 is 0 Å². The average molecular weight is 371 g/mol. The molecule has 1 aliphatic rings. The number of hydrogen-bond donors (Lipinski definition) is 1. The fourth-order valence-electron chi connectivity index (χ4n) is 2.98. The Balaban J connectivity index is 1.61. The molecule has 0 spiro atoms. The summed E-state index contributed by atoms with van der Waals surface area (Å²) in [6, 6.07) is 6.48. The quantitative estimate of drug-likeness (QED) is 0.733. The highest BCUT2D eigenvalue weighted by atomic mass is 32.2. The van der Waals surface area contributed by atoms with Crippen molar-refractivity contribution in [1.82, 2.24) is 24.9 Å². The monoisotopic (exact) mass is 371 g/mol. The van der Waals surface area contributed by atoms with E-state index in [2.05, 4.69) is 24.9 Å². The van der Waals surface area contributed by atoms with Crippen LogP contribution in [0.5, 0.6) is 0 Å². The van der Waals surface area contributed by atoms with E-state index in [1.807, 2.05) is 0 Å². The lowest BCUT2D eigenvalue weighted by molar-refractivity contribution is 0.552. The molecule has 1 aromatic carbocycles. The van der Waals surface area contributed by atoms with E-state index < -0.39 is 10.0 Å². The molecular weight excluding hydrogens is 354 g/mol. The zero-order valence-electron chi connectivity index (χ0n) is 13.9. The van der Waals surface area contributed by atoms with Gasteiger partial charge in [-0.2, -0.15) is 0 Å². The van der Waals surface area contributed by atoms with Gasteiger partial charge in [0.1, 0.15) is 5.69 Å². The summed E-state index contributed by atoms with van der Waals surface area (Å²) in [6.07, 6.45) is 8.46. The van der Waals surface area contributed by atoms with Crippen LogP contribution in [-0.2, 0) is 10.0 Å². The second-order valence-electron chi connectivity index (χ2n) is 6.13. The number of aromatic nitrogens is 4. The van der Waals surface area contributed by atoms with Crippen molar-refractivity contribution in [1.29, 1.82) is 0 Å². The van der Waals surface area contributed by atoms with Crippen molar-refractivity contribution in [3.05, 3.63) is 42.9 Å². The highest BCUT2D eigenvalue weighted by molar-refractivity contribution is 7.89. The van der Waals surface area contributed by atoms with Gasteiger partial charge in [0.25, 0.3) is 5.89 Å². The van der Waals surface area contributed by atoms with Gasteiger partial charge in [-0.15, -0.1) is 10.2 Å². The van der Waals surface area contributed by atoms with Crippen molar-refractivity contribution in [2.45, 2.75) is 36.6 Å². The first kappa shape index (κ1) is 16.8. The number of hydrogen-bond acceptors (Lipinski definition) is 7. The molecule has 0 atom stereocenters. The Morgan fingerprint density at radius 2 is 1.88 bits per heavy atom.